The molecule has 7 nitrogen and oxygen atoms in total. The molecule has 0 saturated carbocycles. The van der Waals surface area contributed by atoms with E-state index in [1.165, 1.54) is 6.20 Å². The van der Waals surface area contributed by atoms with Gasteiger partial charge in [-0.15, -0.1) is 0 Å². The first kappa shape index (κ1) is 20.6. The lowest BCUT2D eigenvalue weighted by molar-refractivity contribution is 0.0985. The number of halogens is 1. The van der Waals surface area contributed by atoms with E-state index >= 15 is 4.39 Å². The lowest BCUT2D eigenvalue weighted by Crippen LogP contribution is -2.44. The first-order chi connectivity index (χ1) is 14.6. The summed E-state index contributed by atoms with van der Waals surface area (Å²) in [6.45, 7) is 10.6. The molecule has 0 spiro atoms. The van der Waals surface area contributed by atoms with Crippen LogP contribution in [0.4, 0.5) is 15.9 Å². The van der Waals surface area contributed by atoms with Gasteiger partial charge in [0, 0.05) is 32.7 Å². The Labute approximate surface area is 176 Å². The number of aromatic nitrogens is 2. The molecule has 2 saturated heterocycles. The standard InChI is InChI=1S/C22H28FN5O2/c1-4-5-17(24-3)21-22-20(16(23)13-25-21)18(27-6-9-29-10-7-27)12-19(26-22)28-8-11-30-14-15(28)2/h4-5,12-13,15,24H,1,6-11,14H2,2-3H3/b17-5-. The van der Waals surface area contributed by atoms with Crippen LogP contribution >= 0.6 is 0 Å². The highest BCUT2D eigenvalue weighted by atomic mass is 19.1. The van der Waals surface area contributed by atoms with E-state index in [9.17, 15) is 0 Å². The Bertz CT molecular complexity index is 958. The van der Waals surface area contributed by atoms with Gasteiger partial charge in [-0.3, -0.25) is 0 Å². The second kappa shape index (κ2) is 8.97. The molecule has 0 radical (unpaired) electrons. The maximum atomic E-state index is 15.1. The minimum absolute atomic E-state index is 0.179. The van der Waals surface area contributed by atoms with E-state index in [4.69, 9.17) is 14.5 Å². The summed E-state index contributed by atoms with van der Waals surface area (Å²) in [6, 6.07) is 2.18. The third-order valence-electron chi connectivity index (χ3n) is 5.58. The first-order valence-corrected chi connectivity index (χ1v) is 10.3. The summed E-state index contributed by atoms with van der Waals surface area (Å²) < 4.78 is 26.2. The van der Waals surface area contributed by atoms with Crippen molar-refractivity contribution in [1.82, 2.24) is 15.3 Å². The van der Waals surface area contributed by atoms with Crippen LogP contribution in [0.15, 0.2) is 31.0 Å². The van der Waals surface area contributed by atoms with E-state index in [2.05, 4.69) is 33.6 Å². The van der Waals surface area contributed by atoms with Crippen molar-refractivity contribution in [3.8, 4) is 0 Å². The number of hydrogen-bond acceptors (Lipinski definition) is 7. The molecule has 1 atom stereocenters. The van der Waals surface area contributed by atoms with Crippen molar-refractivity contribution in [1.29, 1.82) is 0 Å². The maximum absolute atomic E-state index is 15.1. The smallest absolute Gasteiger partial charge is 0.153 e. The molecule has 1 N–H and O–H groups in total. The Kier molecular flexibility index (Phi) is 6.15. The summed E-state index contributed by atoms with van der Waals surface area (Å²) in [5, 5.41) is 3.62. The highest BCUT2D eigenvalue weighted by molar-refractivity contribution is 5.99. The van der Waals surface area contributed by atoms with Gasteiger partial charge in [0.1, 0.15) is 17.0 Å². The molecule has 4 heterocycles. The molecule has 4 rings (SSSR count). The summed E-state index contributed by atoms with van der Waals surface area (Å²) in [7, 11) is 1.81. The molecule has 0 aliphatic carbocycles. The molecule has 0 amide bonds. The van der Waals surface area contributed by atoms with Gasteiger partial charge in [-0.05, 0) is 13.0 Å². The number of hydrogen-bond donors (Lipinski definition) is 1. The largest absolute Gasteiger partial charge is 0.386 e. The van der Waals surface area contributed by atoms with Crippen molar-refractivity contribution in [2.45, 2.75) is 13.0 Å². The van der Waals surface area contributed by atoms with E-state index in [1.54, 1.807) is 6.08 Å². The molecule has 0 aromatic carbocycles. The molecular weight excluding hydrogens is 385 g/mol. The van der Waals surface area contributed by atoms with E-state index in [1.807, 2.05) is 19.2 Å². The fraction of sp³-hybridized carbons (Fsp3) is 0.455. The Morgan fingerprint density at radius 2 is 2.03 bits per heavy atom. The molecule has 0 bridgehead atoms. The molecule has 2 aromatic rings. The molecular formula is C22H28FN5O2. The second-order valence-electron chi connectivity index (χ2n) is 7.46. The lowest BCUT2D eigenvalue weighted by Gasteiger charge is -2.36. The minimum Gasteiger partial charge on any atom is -0.386 e. The predicted molar refractivity (Wildman–Crippen MR) is 117 cm³/mol. The number of allylic oxidation sites excluding steroid dienone is 2. The third-order valence-corrected chi connectivity index (χ3v) is 5.58. The van der Waals surface area contributed by atoms with Crippen molar-refractivity contribution in [2.75, 3.05) is 62.9 Å². The van der Waals surface area contributed by atoms with Crippen molar-refractivity contribution >= 4 is 28.1 Å². The van der Waals surface area contributed by atoms with Crippen LogP contribution in [-0.2, 0) is 9.47 Å². The first-order valence-electron chi connectivity index (χ1n) is 10.3. The lowest BCUT2D eigenvalue weighted by atomic mass is 10.1. The van der Waals surface area contributed by atoms with E-state index < -0.39 is 0 Å². The Balaban J connectivity index is 1.97. The molecule has 2 fully saturated rings. The fourth-order valence-electron chi connectivity index (χ4n) is 4.04. The average Bonchev–Trinajstić information content (AvgIpc) is 2.78. The summed E-state index contributed by atoms with van der Waals surface area (Å²) >= 11 is 0. The van der Waals surface area contributed by atoms with Crippen molar-refractivity contribution in [3.05, 3.63) is 42.5 Å². The van der Waals surface area contributed by atoms with Crippen molar-refractivity contribution in [2.24, 2.45) is 0 Å². The summed E-state index contributed by atoms with van der Waals surface area (Å²) in [4.78, 5) is 13.7. The van der Waals surface area contributed by atoms with Crippen LogP contribution in [0.25, 0.3) is 16.6 Å². The average molecular weight is 413 g/mol. The number of rotatable bonds is 5. The minimum atomic E-state index is -0.377. The molecule has 2 aliphatic rings. The van der Waals surface area contributed by atoms with Gasteiger partial charge < -0.3 is 24.6 Å². The van der Waals surface area contributed by atoms with Gasteiger partial charge in [-0.2, -0.15) is 0 Å². The molecule has 2 aliphatic heterocycles. The topological polar surface area (TPSA) is 62.8 Å². The summed E-state index contributed by atoms with van der Waals surface area (Å²) in [5.41, 5.74) is 2.70. The van der Waals surface area contributed by atoms with Gasteiger partial charge in [0.15, 0.2) is 5.82 Å². The summed E-state index contributed by atoms with van der Waals surface area (Å²) in [6.07, 6.45) is 4.77. The number of ether oxygens (including phenoxy) is 2. The number of anilines is 2. The van der Waals surface area contributed by atoms with E-state index in [0.717, 1.165) is 23.7 Å². The zero-order valence-corrected chi connectivity index (χ0v) is 17.5. The van der Waals surface area contributed by atoms with Gasteiger partial charge >= 0.3 is 0 Å². The van der Waals surface area contributed by atoms with Gasteiger partial charge in [-0.25, -0.2) is 14.4 Å². The van der Waals surface area contributed by atoms with Crippen LogP contribution in [0.1, 0.15) is 12.6 Å². The molecule has 160 valence electrons. The monoisotopic (exact) mass is 413 g/mol. The number of fused-ring (bicyclic) bond motifs is 1. The normalized spacial score (nSPS) is 20.5. The van der Waals surface area contributed by atoms with Gasteiger partial charge in [0.2, 0.25) is 0 Å². The summed E-state index contributed by atoms with van der Waals surface area (Å²) in [5.74, 6) is 0.431. The highest BCUT2D eigenvalue weighted by Crippen LogP contribution is 2.35. The third kappa shape index (κ3) is 3.85. The van der Waals surface area contributed by atoms with Crippen LogP contribution in [-0.4, -0.2) is 69.1 Å². The van der Waals surface area contributed by atoms with Crippen LogP contribution in [0.3, 0.4) is 0 Å². The van der Waals surface area contributed by atoms with Crippen LogP contribution < -0.4 is 15.1 Å². The van der Waals surface area contributed by atoms with E-state index in [-0.39, 0.29) is 11.9 Å². The number of pyridine rings is 2. The van der Waals surface area contributed by atoms with E-state index in [0.29, 0.717) is 56.1 Å². The zero-order valence-electron chi connectivity index (χ0n) is 17.5. The number of nitrogens with one attached hydrogen (secondary N) is 1. The Morgan fingerprint density at radius 3 is 2.73 bits per heavy atom. The quantitative estimate of drug-likeness (QED) is 0.756. The van der Waals surface area contributed by atoms with Gasteiger partial charge in [-0.1, -0.05) is 12.7 Å². The molecule has 1 unspecified atom stereocenters. The van der Waals surface area contributed by atoms with Crippen LogP contribution in [0.2, 0.25) is 0 Å². The Hall–Kier alpha value is -2.71. The van der Waals surface area contributed by atoms with Crippen LogP contribution in [0.5, 0.6) is 0 Å². The van der Waals surface area contributed by atoms with Crippen LogP contribution in [0, 0.1) is 5.82 Å². The Morgan fingerprint density at radius 1 is 1.27 bits per heavy atom. The SMILES string of the molecule is C=C/C=C(\NC)c1ncc(F)c2c(N3CCOCC3)cc(N3CCOCC3C)nc12. The number of nitrogens with zero attached hydrogens (tertiary/aromatic N) is 4. The molecule has 30 heavy (non-hydrogen) atoms. The van der Waals surface area contributed by atoms with Gasteiger partial charge in [0.05, 0.1) is 55.4 Å². The van der Waals surface area contributed by atoms with Crippen molar-refractivity contribution < 1.29 is 13.9 Å². The highest BCUT2D eigenvalue weighted by Gasteiger charge is 2.26. The molecule has 8 heteroatoms. The maximum Gasteiger partial charge on any atom is 0.153 e. The number of morpholine rings is 2. The van der Waals surface area contributed by atoms with Gasteiger partial charge in [0.25, 0.3) is 0 Å². The zero-order chi connectivity index (χ0) is 21.1. The predicted octanol–water partition coefficient (Wildman–Crippen LogP) is 2.58. The second-order valence-corrected chi connectivity index (χ2v) is 7.46. The van der Waals surface area contributed by atoms with Crippen molar-refractivity contribution in [3.63, 3.8) is 0 Å². The molecule has 2 aromatic heterocycles. The fourth-order valence-corrected chi connectivity index (χ4v) is 4.04.